The second kappa shape index (κ2) is 6.31. The van der Waals surface area contributed by atoms with Gasteiger partial charge in [0.1, 0.15) is 0 Å². The average Bonchev–Trinajstić information content (AvgIpc) is 2.88. The van der Waals surface area contributed by atoms with E-state index in [9.17, 15) is 4.79 Å². The molecule has 0 saturated carbocycles. The van der Waals surface area contributed by atoms with E-state index in [1.165, 1.54) is 23.5 Å². The first kappa shape index (κ1) is 15.4. The summed E-state index contributed by atoms with van der Waals surface area (Å²) in [6.07, 6.45) is 1.86. The van der Waals surface area contributed by atoms with Gasteiger partial charge in [-0.25, -0.2) is 0 Å². The summed E-state index contributed by atoms with van der Waals surface area (Å²) in [5.74, 6) is -0.878. The van der Waals surface area contributed by atoms with Crippen LogP contribution in [0.1, 0.15) is 12.0 Å². The van der Waals surface area contributed by atoms with Crippen molar-refractivity contribution in [3.63, 3.8) is 0 Å². The number of hydrogen-bond acceptors (Lipinski definition) is 6. The molecule has 22 heavy (non-hydrogen) atoms. The highest BCUT2D eigenvalue weighted by molar-refractivity contribution is 8.00. The molecule has 2 heterocycles. The molecule has 0 radical (unpaired) electrons. The predicted octanol–water partition coefficient (Wildman–Crippen LogP) is 2.85. The lowest BCUT2D eigenvalue weighted by Crippen LogP contribution is -2.27. The molecule has 114 valence electrons. The number of hydrogen-bond donors (Lipinski definition) is 1. The van der Waals surface area contributed by atoms with Crippen LogP contribution in [-0.4, -0.2) is 43.2 Å². The van der Waals surface area contributed by atoms with Crippen molar-refractivity contribution in [2.75, 3.05) is 6.26 Å². The van der Waals surface area contributed by atoms with Gasteiger partial charge in [-0.05, 0) is 24.0 Å². The van der Waals surface area contributed by atoms with Crippen molar-refractivity contribution in [2.45, 2.75) is 22.0 Å². The average molecular weight is 355 g/mol. The number of halogens is 1. The molecule has 0 fully saturated rings. The number of aliphatic carboxylic acids is 1. The lowest BCUT2D eigenvalue weighted by molar-refractivity contribution is -0.136. The van der Waals surface area contributed by atoms with Crippen molar-refractivity contribution in [2.24, 2.45) is 5.10 Å². The van der Waals surface area contributed by atoms with Gasteiger partial charge >= 0.3 is 5.97 Å². The molecule has 6 nitrogen and oxygen atoms in total. The second-order valence-electron chi connectivity index (χ2n) is 4.48. The molecule has 1 N–H and O–H groups in total. The van der Waals surface area contributed by atoms with Crippen molar-refractivity contribution in [3.8, 4) is 0 Å². The zero-order valence-corrected chi connectivity index (χ0v) is 13.8. The number of aromatic nitrogens is 3. The van der Waals surface area contributed by atoms with Crippen molar-refractivity contribution < 1.29 is 9.90 Å². The Morgan fingerprint density at radius 3 is 2.77 bits per heavy atom. The Labute approximate surface area is 140 Å². The third-order valence-electron chi connectivity index (χ3n) is 3.03. The molecule has 0 amide bonds. The van der Waals surface area contributed by atoms with Crippen molar-refractivity contribution in [3.05, 3.63) is 34.9 Å². The largest absolute Gasteiger partial charge is 0.481 e. The van der Waals surface area contributed by atoms with E-state index in [0.717, 1.165) is 5.56 Å². The maximum atomic E-state index is 11.1. The first-order chi connectivity index (χ1) is 10.6. The molecule has 1 aliphatic rings. The van der Waals surface area contributed by atoms with Crippen molar-refractivity contribution in [1.82, 2.24) is 14.9 Å². The summed E-state index contributed by atoms with van der Waals surface area (Å²) < 4.78 is 1.65. The SMILES string of the molecule is CSc1nnc2n1N=C(c1ccc(Cl)cc1)[C@H](CC(=O)O)S2. The smallest absolute Gasteiger partial charge is 0.304 e. The van der Waals surface area contributed by atoms with Gasteiger partial charge in [0.15, 0.2) is 0 Å². The summed E-state index contributed by atoms with van der Waals surface area (Å²) in [4.78, 5) is 11.1. The normalized spacial score (nSPS) is 17.0. The lowest BCUT2D eigenvalue weighted by atomic mass is 10.1. The first-order valence-electron chi connectivity index (χ1n) is 6.31. The van der Waals surface area contributed by atoms with E-state index in [1.807, 2.05) is 18.4 Å². The van der Waals surface area contributed by atoms with Gasteiger partial charge in [-0.2, -0.15) is 9.78 Å². The number of nitrogens with zero attached hydrogens (tertiary/aromatic N) is 4. The Hall–Kier alpha value is -1.51. The van der Waals surface area contributed by atoms with E-state index in [4.69, 9.17) is 16.7 Å². The Morgan fingerprint density at radius 2 is 2.14 bits per heavy atom. The van der Waals surface area contributed by atoms with Crippen LogP contribution in [0.4, 0.5) is 0 Å². The Balaban J connectivity index is 2.07. The van der Waals surface area contributed by atoms with Gasteiger partial charge in [-0.3, -0.25) is 4.79 Å². The van der Waals surface area contributed by atoms with Crippen LogP contribution in [0, 0.1) is 0 Å². The fourth-order valence-corrected chi connectivity index (χ4v) is 3.75. The third kappa shape index (κ3) is 2.99. The topological polar surface area (TPSA) is 80.4 Å². The minimum Gasteiger partial charge on any atom is -0.481 e. The fraction of sp³-hybridized carbons (Fsp3) is 0.231. The molecule has 0 saturated heterocycles. The number of rotatable bonds is 4. The Kier molecular flexibility index (Phi) is 4.42. The maximum Gasteiger partial charge on any atom is 0.304 e. The molecular formula is C13H11ClN4O2S2. The van der Waals surface area contributed by atoms with Crippen LogP contribution in [0.15, 0.2) is 39.7 Å². The predicted molar refractivity (Wildman–Crippen MR) is 87.1 cm³/mol. The van der Waals surface area contributed by atoms with E-state index in [2.05, 4.69) is 15.3 Å². The summed E-state index contributed by atoms with van der Waals surface area (Å²) in [5, 5.41) is 23.4. The number of carboxylic acids is 1. The Bertz CT molecular complexity index is 745. The molecule has 0 aliphatic carbocycles. The molecule has 1 atom stereocenters. The summed E-state index contributed by atoms with van der Waals surface area (Å²) in [5.41, 5.74) is 1.53. The van der Waals surface area contributed by atoms with E-state index in [-0.39, 0.29) is 11.7 Å². The van der Waals surface area contributed by atoms with Gasteiger partial charge in [-0.1, -0.05) is 47.3 Å². The molecule has 1 aromatic heterocycles. The van der Waals surface area contributed by atoms with E-state index in [1.54, 1.807) is 16.8 Å². The van der Waals surface area contributed by atoms with Crippen molar-refractivity contribution in [1.29, 1.82) is 0 Å². The second-order valence-corrected chi connectivity index (χ2v) is 6.86. The molecule has 2 aromatic rings. The zero-order chi connectivity index (χ0) is 15.7. The van der Waals surface area contributed by atoms with E-state index < -0.39 is 5.97 Å². The van der Waals surface area contributed by atoms with Gasteiger partial charge < -0.3 is 5.11 Å². The van der Waals surface area contributed by atoms with Crippen LogP contribution >= 0.6 is 35.1 Å². The Morgan fingerprint density at radius 1 is 1.41 bits per heavy atom. The minimum atomic E-state index is -0.878. The summed E-state index contributed by atoms with van der Waals surface area (Å²) in [6.45, 7) is 0. The summed E-state index contributed by atoms with van der Waals surface area (Å²) in [6, 6.07) is 7.20. The monoisotopic (exact) mass is 354 g/mol. The van der Waals surface area contributed by atoms with Crippen LogP contribution in [0.3, 0.4) is 0 Å². The van der Waals surface area contributed by atoms with Crippen LogP contribution in [0.25, 0.3) is 0 Å². The molecule has 0 unspecified atom stereocenters. The van der Waals surface area contributed by atoms with Gasteiger partial charge in [0.25, 0.3) is 0 Å². The van der Waals surface area contributed by atoms with Gasteiger partial charge in [0, 0.05) is 5.02 Å². The van der Waals surface area contributed by atoms with Crippen LogP contribution < -0.4 is 0 Å². The molecule has 1 aromatic carbocycles. The molecule has 3 rings (SSSR count). The fourth-order valence-electron chi connectivity index (χ4n) is 2.05. The number of fused-ring (bicyclic) bond motifs is 1. The minimum absolute atomic E-state index is 0.0341. The summed E-state index contributed by atoms with van der Waals surface area (Å²) in [7, 11) is 0. The van der Waals surface area contributed by atoms with Gasteiger partial charge in [0.2, 0.25) is 10.3 Å². The number of carboxylic acid groups (broad SMARTS) is 1. The highest BCUT2D eigenvalue weighted by Gasteiger charge is 2.30. The quantitative estimate of drug-likeness (QED) is 0.850. The molecule has 0 spiro atoms. The molecular weight excluding hydrogens is 344 g/mol. The van der Waals surface area contributed by atoms with Crippen molar-refractivity contribution >= 4 is 46.8 Å². The highest BCUT2D eigenvalue weighted by Crippen LogP contribution is 2.34. The van der Waals surface area contributed by atoms with Gasteiger partial charge in [-0.15, -0.1) is 10.2 Å². The maximum absolute atomic E-state index is 11.1. The molecule has 1 aliphatic heterocycles. The van der Waals surface area contributed by atoms with Gasteiger partial charge in [0.05, 0.1) is 17.4 Å². The number of carbonyl (C=O) groups is 1. The first-order valence-corrected chi connectivity index (χ1v) is 8.79. The number of benzene rings is 1. The zero-order valence-electron chi connectivity index (χ0n) is 11.4. The molecule has 0 bridgehead atoms. The van der Waals surface area contributed by atoms with E-state index in [0.29, 0.717) is 21.0 Å². The standard InChI is InChI=1S/C13H11ClN4O2S2/c1-21-12-15-16-13-18(12)17-11(9(22-13)6-10(19)20)7-2-4-8(14)5-3-7/h2-5,9H,6H2,1H3,(H,19,20)/t9-/m0/s1. The van der Waals surface area contributed by atoms with E-state index >= 15 is 0 Å². The lowest BCUT2D eigenvalue weighted by Gasteiger charge is -2.21. The highest BCUT2D eigenvalue weighted by atomic mass is 35.5. The van der Waals surface area contributed by atoms with Crippen LogP contribution in [0.5, 0.6) is 0 Å². The molecule has 9 heteroatoms. The summed E-state index contributed by atoms with van der Waals surface area (Å²) >= 11 is 8.71. The van der Waals surface area contributed by atoms with Crippen LogP contribution in [-0.2, 0) is 4.79 Å². The third-order valence-corrected chi connectivity index (χ3v) is 5.04. The number of thioether (sulfide) groups is 2. The van der Waals surface area contributed by atoms with Crippen LogP contribution in [0.2, 0.25) is 5.02 Å².